The third-order valence-electron chi connectivity index (χ3n) is 5.70. The smallest absolute Gasteiger partial charge is 0.324 e. The fourth-order valence-electron chi connectivity index (χ4n) is 3.60. The van der Waals surface area contributed by atoms with Crippen molar-refractivity contribution in [2.75, 3.05) is 36.8 Å². The van der Waals surface area contributed by atoms with Gasteiger partial charge in [-0.3, -0.25) is 15.4 Å². The third-order valence-corrected chi connectivity index (χ3v) is 6.57. The molecule has 220 valence electrons. The molecule has 2 heterocycles. The first kappa shape index (κ1) is 30.6. The minimum absolute atomic E-state index is 0.0234. The van der Waals surface area contributed by atoms with Gasteiger partial charge in [0, 0.05) is 30.9 Å². The summed E-state index contributed by atoms with van der Waals surface area (Å²) in [5, 5.41) is 12.8. The summed E-state index contributed by atoms with van der Waals surface area (Å²) >= 11 is 12.9. The van der Waals surface area contributed by atoms with Crippen molar-refractivity contribution in [3.8, 4) is 23.1 Å². The Labute approximate surface area is 252 Å². The third kappa shape index (κ3) is 7.46. The maximum absolute atomic E-state index is 13.1. The first-order chi connectivity index (χ1) is 20.0. The molecule has 2 aromatic carbocycles. The molecule has 0 fully saturated rings. The molecule has 0 saturated carbocycles. The number of methoxy groups -OCH3 is 2. The maximum Gasteiger partial charge on any atom is 0.324 e. The van der Waals surface area contributed by atoms with Gasteiger partial charge in [-0.1, -0.05) is 44.0 Å². The molecule has 0 aliphatic rings. The molecule has 4 rings (SSSR count). The molecule has 0 saturated heterocycles. The summed E-state index contributed by atoms with van der Waals surface area (Å²) in [7, 11) is 2.99. The van der Waals surface area contributed by atoms with E-state index in [2.05, 4.69) is 25.9 Å². The summed E-state index contributed by atoms with van der Waals surface area (Å²) < 4.78 is 17.4. The van der Waals surface area contributed by atoms with E-state index in [-0.39, 0.29) is 45.3 Å². The quantitative estimate of drug-likeness (QED) is 0.200. The molecule has 0 aliphatic carbocycles. The molecule has 0 unspecified atom stereocenters. The van der Waals surface area contributed by atoms with Gasteiger partial charge in [0.15, 0.2) is 0 Å². The number of amides is 3. The highest BCUT2D eigenvalue weighted by atomic mass is 35.5. The van der Waals surface area contributed by atoms with Crippen molar-refractivity contribution < 1.29 is 23.8 Å². The van der Waals surface area contributed by atoms with Crippen LogP contribution in [0.15, 0.2) is 54.7 Å². The number of aromatic nitrogens is 4. The number of nitrogens with zero attached hydrogens (tertiary/aromatic N) is 4. The number of rotatable bonds is 9. The topological polar surface area (TPSA) is 142 Å². The maximum atomic E-state index is 13.1. The Bertz CT molecular complexity index is 1590. The summed E-state index contributed by atoms with van der Waals surface area (Å²) in [4.78, 5) is 32.9. The van der Waals surface area contributed by atoms with Crippen molar-refractivity contribution in [1.29, 1.82) is 0 Å². The van der Waals surface area contributed by atoms with Crippen LogP contribution in [0.2, 0.25) is 10.0 Å². The van der Waals surface area contributed by atoms with E-state index in [9.17, 15) is 9.59 Å². The number of nitrogens with one attached hydrogen (secondary N) is 3. The molecule has 0 radical (unpaired) electrons. The normalized spacial score (nSPS) is 11.1. The van der Waals surface area contributed by atoms with Gasteiger partial charge < -0.3 is 19.5 Å². The Balaban J connectivity index is 1.50. The Morgan fingerprint density at radius 2 is 1.69 bits per heavy atom. The minimum Gasteiger partial charge on any atom is -0.497 e. The monoisotopic (exact) mass is 613 g/mol. The molecule has 4 aromatic rings. The predicted molar refractivity (Wildman–Crippen MR) is 161 cm³/mol. The number of anilines is 3. The molecule has 14 heteroatoms. The molecule has 0 spiro atoms. The van der Waals surface area contributed by atoms with Gasteiger partial charge in [-0.2, -0.15) is 10.1 Å². The Morgan fingerprint density at radius 1 is 0.952 bits per heavy atom. The van der Waals surface area contributed by atoms with Crippen LogP contribution in [0.1, 0.15) is 26.5 Å². The van der Waals surface area contributed by atoms with Crippen LogP contribution in [0, 0.1) is 0 Å². The minimum atomic E-state index is -0.566. The Morgan fingerprint density at radius 3 is 2.36 bits per heavy atom. The van der Waals surface area contributed by atoms with Crippen molar-refractivity contribution in [2.24, 2.45) is 0 Å². The fraction of sp³-hybridized carbons (Fsp3) is 0.250. The van der Waals surface area contributed by atoms with Gasteiger partial charge in [0.1, 0.15) is 28.9 Å². The van der Waals surface area contributed by atoms with E-state index in [1.165, 1.54) is 31.5 Å². The number of carbonyl (C=O) groups is 2. The summed E-state index contributed by atoms with van der Waals surface area (Å²) in [6.07, 6.45) is 1.41. The second-order valence-electron chi connectivity index (χ2n) is 9.89. The van der Waals surface area contributed by atoms with Crippen LogP contribution >= 0.6 is 23.2 Å². The lowest BCUT2D eigenvalue weighted by atomic mass is 9.92. The van der Waals surface area contributed by atoms with Crippen molar-refractivity contribution in [3.63, 3.8) is 0 Å². The highest BCUT2D eigenvalue weighted by Crippen LogP contribution is 2.39. The van der Waals surface area contributed by atoms with Gasteiger partial charge in [-0.05, 0) is 36.4 Å². The molecule has 42 heavy (non-hydrogen) atoms. The van der Waals surface area contributed by atoms with Crippen molar-refractivity contribution in [1.82, 2.24) is 19.7 Å². The van der Waals surface area contributed by atoms with E-state index in [0.29, 0.717) is 11.6 Å². The molecular weight excluding hydrogens is 585 g/mol. The molecular formula is C28H29Cl2N7O5. The van der Waals surface area contributed by atoms with Crippen LogP contribution in [0.5, 0.6) is 17.4 Å². The van der Waals surface area contributed by atoms with Crippen LogP contribution < -0.4 is 25.4 Å². The van der Waals surface area contributed by atoms with Gasteiger partial charge in [0.2, 0.25) is 11.8 Å². The highest BCUT2D eigenvalue weighted by molar-refractivity contribution is 6.45. The van der Waals surface area contributed by atoms with E-state index in [0.717, 1.165) is 11.4 Å². The van der Waals surface area contributed by atoms with Gasteiger partial charge in [-0.25, -0.2) is 14.5 Å². The zero-order valence-electron chi connectivity index (χ0n) is 23.5. The van der Waals surface area contributed by atoms with Crippen LogP contribution in [0.25, 0.3) is 5.69 Å². The van der Waals surface area contributed by atoms with Crippen LogP contribution in [-0.4, -0.2) is 52.5 Å². The van der Waals surface area contributed by atoms with Crippen LogP contribution in [-0.2, 0) is 14.9 Å². The van der Waals surface area contributed by atoms with E-state index in [1.807, 2.05) is 51.1 Å². The van der Waals surface area contributed by atoms with Gasteiger partial charge >= 0.3 is 6.03 Å². The predicted octanol–water partition coefficient (Wildman–Crippen LogP) is 6.30. The summed E-state index contributed by atoms with van der Waals surface area (Å²) in [5.74, 6) is 1.02. The van der Waals surface area contributed by atoms with Crippen molar-refractivity contribution in [3.05, 3.63) is 70.5 Å². The molecule has 3 N–H and O–H groups in total. The van der Waals surface area contributed by atoms with Gasteiger partial charge in [0.05, 0.1) is 29.2 Å². The summed E-state index contributed by atoms with van der Waals surface area (Å²) in [6, 6.07) is 13.1. The van der Waals surface area contributed by atoms with Crippen molar-refractivity contribution in [2.45, 2.75) is 26.2 Å². The summed E-state index contributed by atoms with van der Waals surface area (Å²) in [6.45, 7) is 5.94. The Kier molecular flexibility index (Phi) is 9.51. The Hall–Kier alpha value is -4.39. The lowest BCUT2D eigenvalue weighted by Gasteiger charge is -2.14. The average Bonchev–Trinajstić information content (AvgIpc) is 3.37. The standard InChI is InChI=1S/C28H29Cl2N7O5/c1-28(2,3)20-14-21(37(36-20)16-6-8-17(41-5)9-7-16)33-27(39)32-18-10-11-19(25(30)24(18)29)42-23-12-13-31-26(35-23)34-22(38)15-40-4/h6-14H,15H2,1-5H3,(H2,32,33,39)(H,31,34,35,38). The fourth-order valence-corrected chi connectivity index (χ4v) is 4.00. The second-order valence-corrected chi connectivity index (χ2v) is 10.7. The van der Waals surface area contributed by atoms with Crippen LogP contribution in [0.3, 0.4) is 0 Å². The zero-order valence-corrected chi connectivity index (χ0v) is 25.0. The number of halogens is 2. The van der Waals surface area contributed by atoms with E-state index >= 15 is 0 Å². The molecule has 3 amide bonds. The number of carbonyl (C=O) groups excluding carboxylic acids is 2. The summed E-state index contributed by atoms with van der Waals surface area (Å²) in [5.41, 5.74) is 1.49. The zero-order chi connectivity index (χ0) is 30.4. The van der Waals surface area contributed by atoms with E-state index in [1.54, 1.807) is 11.8 Å². The van der Waals surface area contributed by atoms with E-state index in [4.69, 9.17) is 42.5 Å². The number of benzene rings is 2. The lowest BCUT2D eigenvalue weighted by Crippen LogP contribution is -2.21. The molecule has 0 atom stereocenters. The molecule has 2 aromatic heterocycles. The number of urea groups is 1. The molecule has 0 bridgehead atoms. The molecule has 12 nitrogen and oxygen atoms in total. The molecule has 0 aliphatic heterocycles. The van der Waals surface area contributed by atoms with Crippen molar-refractivity contribution >= 4 is 52.6 Å². The number of hydrogen-bond acceptors (Lipinski definition) is 8. The van der Waals surface area contributed by atoms with Gasteiger partial charge in [0.25, 0.3) is 5.91 Å². The largest absolute Gasteiger partial charge is 0.497 e. The first-order valence-corrected chi connectivity index (χ1v) is 13.3. The second kappa shape index (κ2) is 13.1. The van der Waals surface area contributed by atoms with Crippen LogP contribution in [0.4, 0.5) is 22.2 Å². The highest BCUT2D eigenvalue weighted by Gasteiger charge is 2.22. The average molecular weight is 614 g/mol. The SMILES string of the molecule is COCC(=O)Nc1nccc(Oc2ccc(NC(=O)Nc3cc(C(C)(C)C)nn3-c3ccc(OC)cc3)c(Cl)c2Cl)n1. The lowest BCUT2D eigenvalue weighted by molar-refractivity contribution is -0.119. The number of hydrogen-bond donors (Lipinski definition) is 3. The number of ether oxygens (including phenoxy) is 3. The van der Waals surface area contributed by atoms with Gasteiger partial charge in [-0.15, -0.1) is 0 Å². The van der Waals surface area contributed by atoms with E-state index < -0.39 is 11.9 Å². The first-order valence-electron chi connectivity index (χ1n) is 12.6.